The molecule has 1 aliphatic heterocycles. The van der Waals surface area contributed by atoms with E-state index in [9.17, 15) is 5.11 Å². The number of hydrogen-bond donors (Lipinski definition) is 2. The molecule has 0 radical (unpaired) electrons. The maximum atomic E-state index is 9.99. The zero-order valence-electron chi connectivity index (χ0n) is 10.6. The molecule has 0 aromatic heterocycles. The van der Waals surface area contributed by atoms with Gasteiger partial charge in [-0.3, -0.25) is 4.90 Å². The first-order valence-corrected chi connectivity index (χ1v) is 7.07. The molecule has 4 nitrogen and oxygen atoms in total. The van der Waals surface area contributed by atoms with E-state index in [1.165, 1.54) is 0 Å². The molecular formula is C13H18Cl2N2O2. The maximum Gasteiger partial charge on any atom is 0.0839 e. The van der Waals surface area contributed by atoms with E-state index in [4.69, 9.17) is 27.9 Å². The number of aliphatic hydroxyl groups is 1. The molecule has 1 heterocycles. The van der Waals surface area contributed by atoms with E-state index in [0.29, 0.717) is 23.1 Å². The number of ether oxygens (including phenoxy) is 1. The molecule has 0 bridgehead atoms. The molecule has 1 fully saturated rings. The average molecular weight is 305 g/mol. The van der Waals surface area contributed by atoms with Crippen LogP contribution in [0.1, 0.15) is 0 Å². The van der Waals surface area contributed by atoms with Crippen LogP contribution in [0.2, 0.25) is 10.0 Å². The Balaban J connectivity index is 1.77. The minimum absolute atomic E-state index is 0.434. The summed E-state index contributed by atoms with van der Waals surface area (Å²) in [5.41, 5.74) is 0.818. The largest absolute Gasteiger partial charge is 0.390 e. The van der Waals surface area contributed by atoms with Crippen LogP contribution < -0.4 is 5.32 Å². The third-order valence-corrected chi connectivity index (χ3v) is 3.41. The monoisotopic (exact) mass is 304 g/mol. The number of morpholine rings is 1. The summed E-state index contributed by atoms with van der Waals surface area (Å²) < 4.78 is 5.27. The van der Waals surface area contributed by atoms with E-state index < -0.39 is 6.10 Å². The van der Waals surface area contributed by atoms with Crippen molar-refractivity contribution in [1.82, 2.24) is 4.90 Å². The Labute approximate surface area is 123 Å². The van der Waals surface area contributed by atoms with Crippen LogP contribution in [-0.2, 0) is 4.74 Å². The Morgan fingerprint density at radius 1 is 1.21 bits per heavy atom. The van der Waals surface area contributed by atoms with E-state index in [1.807, 2.05) is 0 Å². The van der Waals surface area contributed by atoms with Gasteiger partial charge in [-0.1, -0.05) is 23.2 Å². The lowest BCUT2D eigenvalue weighted by Crippen LogP contribution is -2.42. The standard InChI is InChI=1S/C13H18Cl2N2O2/c14-10-5-11(15)7-12(6-10)16-8-13(18)9-17-1-3-19-4-2-17/h5-7,13,16,18H,1-4,8-9H2. The summed E-state index contributed by atoms with van der Waals surface area (Å²) in [6, 6.07) is 5.25. The van der Waals surface area contributed by atoms with Crippen LogP contribution in [0.5, 0.6) is 0 Å². The van der Waals surface area contributed by atoms with E-state index >= 15 is 0 Å². The van der Waals surface area contributed by atoms with Crippen LogP contribution in [0, 0.1) is 0 Å². The topological polar surface area (TPSA) is 44.7 Å². The Bertz CT molecular complexity index is 391. The molecule has 0 amide bonds. The number of benzene rings is 1. The number of nitrogens with zero attached hydrogens (tertiary/aromatic N) is 1. The predicted octanol–water partition coefficient (Wildman–Crippen LogP) is 2.10. The fourth-order valence-corrected chi connectivity index (χ4v) is 2.56. The van der Waals surface area contributed by atoms with Crippen LogP contribution in [0.4, 0.5) is 5.69 Å². The number of anilines is 1. The molecule has 2 rings (SSSR count). The molecule has 0 aliphatic carbocycles. The Kier molecular flexibility index (Phi) is 5.73. The summed E-state index contributed by atoms with van der Waals surface area (Å²) in [6.45, 7) is 4.34. The van der Waals surface area contributed by atoms with E-state index in [0.717, 1.165) is 32.0 Å². The number of rotatable bonds is 5. The minimum Gasteiger partial charge on any atom is -0.390 e. The third-order valence-electron chi connectivity index (χ3n) is 2.98. The van der Waals surface area contributed by atoms with Crippen molar-refractivity contribution >= 4 is 28.9 Å². The molecule has 1 saturated heterocycles. The molecule has 6 heteroatoms. The smallest absolute Gasteiger partial charge is 0.0839 e. The van der Waals surface area contributed by atoms with E-state index in [1.54, 1.807) is 18.2 Å². The first-order chi connectivity index (χ1) is 9.13. The normalized spacial score (nSPS) is 18.3. The summed E-state index contributed by atoms with van der Waals surface area (Å²) in [5, 5.41) is 14.3. The van der Waals surface area contributed by atoms with Gasteiger partial charge in [0.2, 0.25) is 0 Å². The lowest BCUT2D eigenvalue weighted by atomic mass is 10.2. The zero-order chi connectivity index (χ0) is 13.7. The predicted molar refractivity (Wildman–Crippen MR) is 78.2 cm³/mol. The second-order valence-corrected chi connectivity index (χ2v) is 5.48. The van der Waals surface area contributed by atoms with Crippen LogP contribution in [-0.4, -0.2) is 55.5 Å². The van der Waals surface area contributed by atoms with Gasteiger partial charge in [-0.2, -0.15) is 0 Å². The van der Waals surface area contributed by atoms with Gasteiger partial charge in [0.15, 0.2) is 0 Å². The highest BCUT2D eigenvalue weighted by Crippen LogP contribution is 2.22. The zero-order valence-corrected chi connectivity index (χ0v) is 12.1. The summed E-state index contributed by atoms with van der Waals surface area (Å²) >= 11 is 11.8. The highest BCUT2D eigenvalue weighted by Gasteiger charge is 2.14. The molecule has 106 valence electrons. The van der Waals surface area contributed by atoms with Crippen LogP contribution >= 0.6 is 23.2 Å². The Morgan fingerprint density at radius 2 is 1.84 bits per heavy atom. The Hall–Kier alpha value is -0.520. The fraction of sp³-hybridized carbons (Fsp3) is 0.538. The molecule has 1 unspecified atom stereocenters. The average Bonchev–Trinajstić information content (AvgIpc) is 2.36. The molecule has 0 saturated carbocycles. The van der Waals surface area contributed by atoms with Gasteiger partial charge in [0, 0.05) is 41.9 Å². The van der Waals surface area contributed by atoms with Crippen molar-refractivity contribution in [2.75, 3.05) is 44.7 Å². The first kappa shape index (κ1) is 14.9. The van der Waals surface area contributed by atoms with Crippen molar-refractivity contribution in [2.24, 2.45) is 0 Å². The number of halogens is 2. The second-order valence-electron chi connectivity index (χ2n) is 4.61. The summed E-state index contributed by atoms with van der Waals surface area (Å²) in [6.07, 6.45) is -0.434. The number of nitrogens with one attached hydrogen (secondary N) is 1. The van der Waals surface area contributed by atoms with Gasteiger partial charge in [0.1, 0.15) is 0 Å². The first-order valence-electron chi connectivity index (χ1n) is 6.31. The highest BCUT2D eigenvalue weighted by molar-refractivity contribution is 6.35. The molecule has 0 spiro atoms. The summed E-state index contributed by atoms with van der Waals surface area (Å²) in [5.74, 6) is 0. The Morgan fingerprint density at radius 3 is 2.47 bits per heavy atom. The van der Waals surface area contributed by atoms with Gasteiger partial charge in [-0.05, 0) is 18.2 Å². The highest BCUT2D eigenvalue weighted by atomic mass is 35.5. The van der Waals surface area contributed by atoms with Gasteiger partial charge in [-0.25, -0.2) is 0 Å². The van der Waals surface area contributed by atoms with Gasteiger partial charge in [0.05, 0.1) is 19.3 Å². The van der Waals surface area contributed by atoms with E-state index in [-0.39, 0.29) is 0 Å². The van der Waals surface area contributed by atoms with Crippen LogP contribution in [0.3, 0.4) is 0 Å². The van der Waals surface area contributed by atoms with Crippen molar-refractivity contribution in [2.45, 2.75) is 6.10 Å². The molecule has 2 N–H and O–H groups in total. The van der Waals surface area contributed by atoms with Crippen LogP contribution in [0.15, 0.2) is 18.2 Å². The lowest BCUT2D eigenvalue weighted by molar-refractivity contribution is 0.0171. The molecule has 1 aliphatic rings. The minimum atomic E-state index is -0.434. The summed E-state index contributed by atoms with van der Waals surface area (Å²) in [7, 11) is 0. The van der Waals surface area contributed by atoms with E-state index in [2.05, 4.69) is 10.2 Å². The number of β-amino-alcohol motifs (C(OH)–C–C–N with tert-alkyl or cyclic N) is 1. The SMILES string of the molecule is OC(CNc1cc(Cl)cc(Cl)c1)CN1CCOCC1. The maximum absolute atomic E-state index is 9.99. The van der Waals surface area contributed by atoms with Gasteiger partial charge in [0.25, 0.3) is 0 Å². The molecular weight excluding hydrogens is 287 g/mol. The third kappa shape index (κ3) is 5.16. The van der Waals surface area contributed by atoms with Crippen molar-refractivity contribution in [3.05, 3.63) is 28.2 Å². The van der Waals surface area contributed by atoms with Crippen molar-refractivity contribution in [1.29, 1.82) is 0 Å². The molecule has 1 aromatic carbocycles. The molecule has 19 heavy (non-hydrogen) atoms. The van der Waals surface area contributed by atoms with Crippen molar-refractivity contribution in [3.63, 3.8) is 0 Å². The number of hydrogen-bond acceptors (Lipinski definition) is 4. The lowest BCUT2D eigenvalue weighted by Gasteiger charge is -2.28. The van der Waals surface area contributed by atoms with Gasteiger partial charge < -0.3 is 15.2 Å². The van der Waals surface area contributed by atoms with Gasteiger partial charge in [-0.15, -0.1) is 0 Å². The number of aliphatic hydroxyl groups excluding tert-OH is 1. The summed E-state index contributed by atoms with van der Waals surface area (Å²) in [4.78, 5) is 2.20. The molecule has 1 atom stereocenters. The van der Waals surface area contributed by atoms with Crippen molar-refractivity contribution in [3.8, 4) is 0 Å². The second kappa shape index (κ2) is 7.31. The molecule has 1 aromatic rings. The van der Waals surface area contributed by atoms with Crippen molar-refractivity contribution < 1.29 is 9.84 Å². The van der Waals surface area contributed by atoms with Gasteiger partial charge >= 0.3 is 0 Å². The fourth-order valence-electron chi connectivity index (χ4n) is 2.04. The quantitative estimate of drug-likeness (QED) is 0.874. The van der Waals surface area contributed by atoms with Crippen LogP contribution in [0.25, 0.3) is 0 Å².